The van der Waals surface area contributed by atoms with E-state index in [-0.39, 0.29) is 21.9 Å². The predicted molar refractivity (Wildman–Crippen MR) is 97.6 cm³/mol. The van der Waals surface area contributed by atoms with E-state index in [0.29, 0.717) is 16.9 Å². The monoisotopic (exact) mass is 379 g/mol. The van der Waals surface area contributed by atoms with Crippen LogP contribution >= 0.6 is 0 Å². The number of benzene rings is 2. The van der Waals surface area contributed by atoms with Crippen molar-refractivity contribution in [3.63, 3.8) is 0 Å². The van der Waals surface area contributed by atoms with Crippen molar-refractivity contribution in [2.24, 2.45) is 0 Å². The smallest absolute Gasteiger partial charge is 0.337 e. The first-order valence-electron chi connectivity index (χ1n) is 7.68. The highest BCUT2D eigenvalue weighted by Gasteiger charge is 2.23. The molecule has 0 aliphatic carbocycles. The largest absolute Gasteiger partial charge is 0.497 e. The number of hydrogen-bond acceptors (Lipinski definition) is 6. The van der Waals surface area contributed by atoms with E-state index < -0.39 is 16.0 Å². The maximum Gasteiger partial charge on any atom is 0.337 e. The maximum atomic E-state index is 12.9. The summed E-state index contributed by atoms with van der Waals surface area (Å²) in [6.07, 6.45) is 0. The van der Waals surface area contributed by atoms with Crippen LogP contribution in [0.1, 0.15) is 21.5 Å². The van der Waals surface area contributed by atoms with Crippen molar-refractivity contribution in [1.29, 1.82) is 0 Å². The van der Waals surface area contributed by atoms with Crippen LogP contribution in [0, 0.1) is 13.8 Å². The average molecular weight is 379 g/mol. The van der Waals surface area contributed by atoms with Crippen LogP contribution in [0.2, 0.25) is 0 Å². The van der Waals surface area contributed by atoms with Crippen LogP contribution in [0.5, 0.6) is 11.5 Å². The van der Waals surface area contributed by atoms with Crippen molar-refractivity contribution in [1.82, 2.24) is 0 Å². The fraction of sp³-hybridized carbons (Fsp3) is 0.278. The molecular formula is C18H21NO6S. The van der Waals surface area contributed by atoms with Gasteiger partial charge in [0.05, 0.1) is 37.5 Å². The minimum Gasteiger partial charge on any atom is -0.497 e. The molecule has 0 radical (unpaired) electrons. The zero-order valence-electron chi connectivity index (χ0n) is 15.2. The second kappa shape index (κ2) is 7.65. The number of sulfonamides is 1. The number of carbonyl (C=O) groups is 1. The molecule has 0 aromatic heterocycles. The fourth-order valence-corrected chi connectivity index (χ4v) is 4.20. The minimum absolute atomic E-state index is 0.142. The minimum atomic E-state index is -3.92. The zero-order valence-corrected chi connectivity index (χ0v) is 16.1. The molecule has 1 N–H and O–H groups in total. The van der Waals surface area contributed by atoms with Gasteiger partial charge in [-0.1, -0.05) is 0 Å². The second-order valence-corrected chi connectivity index (χ2v) is 7.22. The molecule has 0 atom stereocenters. The third kappa shape index (κ3) is 3.91. The van der Waals surface area contributed by atoms with Crippen LogP contribution < -0.4 is 14.2 Å². The third-order valence-electron chi connectivity index (χ3n) is 3.80. The van der Waals surface area contributed by atoms with E-state index in [1.807, 2.05) is 0 Å². The fourth-order valence-electron chi connectivity index (χ4n) is 2.68. The van der Waals surface area contributed by atoms with E-state index in [1.54, 1.807) is 26.0 Å². The van der Waals surface area contributed by atoms with Gasteiger partial charge in [-0.3, -0.25) is 4.72 Å². The Morgan fingerprint density at radius 2 is 1.58 bits per heavy atom. The highest BCUT2D eigenvalue weighted by molar-refractivity contribution is 7.92. The topological polar surface area (TPSA) is 90.9 Å². The summed E-state index contributed by atoms with van der Waals surface area (Å²) in [4.78, 5) is 11.9. The molecular weight excluding hydrogens is 358 g/mol. The summed E-state index contributed by atoms with van der Waals surface area (Å²) in [5.41, 5.74) is 1.43. The summed E-state index contributed by atoms with van der Waals surface area (Å²) in [5, 5.41) is 0. The van der Waals surface area contributed by atoms with E-state index in [1.165, 1.54) is 39.5 Å². The number of nitrogens with one attached hydrogen (secondary N) is 1. The van der Waals surface area contributed by atoms with Crippen LogP contribution in [0.4, 0.5) is 5.69 Å². The molecule has 0 aliphatic rings. The van der Waals surface area contributed by atoms with E-state index in [9.17, 15) is 13.2 Å². The van der Waals surface area contributed by atoms with Gasteiger partial charge in [0.1, 0.15) is 11.5 Å². The summed E-state index contributed by atoms with van der Waals surface area (Å²) in [5.74, 6) is 0.277. The number of methoxy groups -OCH3 is 3. The Kier molecular flexibility index (Phi) is 5.76. The van der Waals surface area contributed by atoms with Crippen LogP contribution in [-0.2, 0) is 14.8 Å². The summed E-state index contributed by atoms with van der Waals surface area (Å²) in [6, 6.07) is 7.65. The van der Waals surface area contributed by atoms with Gasteiger partial charge in [0.2, 0.25) is 0 Å². The highest BCUT2D eigenvalue weighted by atomic mass is 32.2. The summed E-state index contributed by atoms with van der Waals surface area (Å²) in [7, 11) is 0.261. The van der Waals surface area contributed by atoms with Crippen LogP contribution in [0.15, 0.2) is 35.2 Å². The number of anilines is 1. The second-order valence-electron chi connectivity index (χ2n) is 5.60. The molecule has 0 saturated heterocycles. The average Bonchev–Trinajstić information content (AvgIpc) is 2.59. The lowest BCUT2D eigenvalue weighted by atomic mass is 10.1. The first kappa shape index (κ1) is 19.6. The molecule has 8 heteroatoms. The number of rotatable bonds is 6. The van der Waals surface area contributed by atoms with Crippen LogP contribution in [0.3, 0.4) is 0 Å². The first-order valence-corrected chi connectivity index (χ1v) is 9.16. The molecule has 0 aliphatic heterocycles. The van der Waals surface area contributed by atoms with Gasteiger partial charge in [0, 0.05) is 0 Å². The first-order chi connectivity index (χ1) is 12.2. The van der Waals surface area contributed by atoms with Gasteiger partial charge in [-0.05, 0) is 55.3 Å². The molecule has 140 valence electrons. The number of carbonyl (C=O) groups excluding carboxylic acids is 1. The molecule has 0 saturated carbocycles. The molecule has 2 aromatic rings. The van der Waals surface area contributed by atoms with E-state index in [0.717, 1.165) is 0 Å². The number of aryl methyl sites for hydroxylation is 2. The predicted octanol–water partition coefficient (Wildman–Crippen LogP) is 2.91. The maximum absolute atomic E-state index is 12.9. The Labute approximate surface area is 152 Å². The molecule has 2 rings (SSSR count). The lowest BCUT2D eigenvalue weighted by Crippen LogP contribution is -2.17. The zero-order chi connectivity index (χ0) is 19.5. The summed E-state index contributed by atoms with van der Waals surface area (Å²) >= 11 is 0. The number of esters is 1. The lowest BCUT2D eigenvalue weighted by Gasteiger charge is -2.16. The molecule has 7 nitrogen and oxygen atoms in total. The van der Waals surface area contributed by atoms with Gasteiger partial charge in [-0.25, -0.2) is 13.2 Å². The SMILES string of the molecule is COC(=O)c1ccc(OC)c(NS(=O)(=O)c2c(C)cc(OC)cc2C)c1. The van der Waals surface area contributed by atoms with Crippen molar-refractivity contribution < 1.29 is 27.4 Å². The Hall–Kier alpha value is -2.74. The van der Waals surface area contributed by atoms with Crippen molar-refractivity contribution in [3.8, 4) is 11.5 Å². The highest BCUT2D eigenvalue weighted by Crippen LogP contribution is 2.31. The van der Waals surface area contributed by atoms with E-state index in [2.05, 4.69) is 9.46 Å². The van der Waals surface area contributed by atoms with Gasteiger partial charge in [-0.15, -0.1) is 0 Å². The molecule has 0 bridgehead atoms. The number of ether oxygens (including phenoxy) is 3. The lowest BCUT2D eigenvalue weighted by molar-refractivity contribution is 0.0600. The van der Waals surface area contributed by atoms with Gasteiger partial charge < -0.3 is 14.2 Å². The Morgan fingerprint density at radius 3 is 2.08 bits per heavy atom. The normalized spacial score (nSPS) is 11.0. The molecule has 2 aromatic carbocycles. The molecule has 0 heterocycles. The molecule has 0 fully saturated rings. The standard InChI is InChI=1S/C18H21NO6S/c1-11-8-14(23-3)9-12(2)17(11)26(21,22)19-15-10-13(18(20)25-5)6-7-16(15)24-4/h6-10,19H,1-5H3. The van der Waals surface area contributed by atoms with Crippen molar-refractivity contribution in [2.75, 3.05) is 26.1 Å². The summed E-state index contributed by atoms with van der Waals surface area (Å²) in [6.45, 7) is 3.37. The van der Waals surface area contributed by atoms with E-state index >= 15 is 0 Å². The van der Waals surface area contributed by atoms with E-state index in [4.69, 9.17) is 9.47 Å². The van der Waals surface area contributed by atoms with Gasteiger partial charge in [0.25, 0.3) is 10.0 Å². The number of hydrogen-bond donors (Lipinski definition) is 1. The van der Waals surface area contributed by atoms with Gasteiger partial charge >= 0.3 is 5.97 Å². The molecule has 0 amide bonds. The molecule has 0 spiro atoms. The van der Waals surface area contributed by atoms with Gasteiger partial charge in [-0.2, -0.15) is 0 Å². The van der Waals surface area contributed by atoms with Crippen LogP contribution in [-0.4, -0.2) is 35.7 Å². The quantitative estimate of drug-likeness (QED) is 0.776. The Morgan fingerprint density at radius 1 is 0.962 bits per heavy atom. The van der Waals surface area contributed by atoms with Crippen LogP contribution in [0.25, 0.3) is 0 Å². The third-order valence-corrected chi connectivity index (χ3v) is 5.47. The molecule has 0 unspecified atom stereocenters. The Balaban J connectivity index is 2.52. The Bertz CT molecular complexity index is 914. The molecule has 26 heavy (non-hydrogen) atoms. The van der Waals surface area contributed by atoms with Crippen molar-refractivity contribution in [2.45, 2.75) is 18.7 Å². The van der Waals surface area contributed by atoms with Crippen molar-refractivity contribution in [3.05, 3.63) is 47.0 Å². The van der Waals surface area contributed by atoms with Gasteiger partial charge in [0.15, 0.2) is 0 Å². The van der Waals surface area contributed by atoms with Crippen molar-refractivity contribution >= 4 is 21.7 Å². The summed E-state index contributed by atoms with van der Waals surface area (Å²) < 4.78 is 43.4.